The molecule has 0 aromatic heterocycles. The first kappa shape index (κ1) is 17.3. The lowest BCUT2D eigenvalue weighted by atomic mass is 10.1. The fraction of sp³-hybridized carbons (Fsp3) is 0.529. The number of amides is 2. The molecule has 1 heterocycles. The Kier molecular flexibility index (Phi) is 5.60. The molecule has 6 nitrogen and oxygen atoms in total. The van der Waals surface area contributed by atoms with Gasteiger partial charge in [-0.3, -0.25) is 9.59 Å². The van der Waals surface area contributed by atoms with E-state index in [0.29, 0.717) is 13.0 Å². The van der Waals surface area contributed by atoms with Crippen LogP contribution >= 0.6 is 0 Å². The average Bonchev–Trinajstić information content (AvgIpc) is 2.96. The zero-order chi connectivity index (χ0) is 17.0. The molecule has 0 spiro atoms. The van der Waals surface area contributed by atoms with Crippen molar-refractivity contribution in [2.24, 2.45) is 5.73 Å². The molecule has 0 saturated carbocycles. The molecule has 2 atom stereocenters. The Morgan fingerprint density at radius 1 is 1.35 bits per heavy atom. The van der Waals surface area contributed by atoms with Gasteiger partial charge < -0.3 is 20.1 Å². The van der Waals surface area contributed by atoms with Gasteiger partial charge in [-0.05, 0) is 31.0 Å². The predicted molar refractivity (Wildman–Crippen MR) is 86.1 cm³/mol. The van der Waals surface area contributed by atoms with E-state index in [1.807, 2.05) is 32.0 Å². The molecule has 6 heteroatoms. The first-order valence-corrected chi connectivity index (χ1v) is 7.74. The molecule has 0 radical (unpaired) electrons. The first-order chi connectivity index (χ1) is 10.9. The van der Waals surface area contributed by atoms with E-state index in [4.69, 9.17) is 15.2 Å². The molecule has 1 aliphatic rings. The lowest BCUT2D eigenvalue weighted by Crippen LogP contribution is -2.44. The number of nitrogens with zero attached hydrogens (tertiary/aromatic N) is 1. The van der Waals surface area contributed by atoms with Crippen molar-refractivity contribution in [1.29, 1.82) is 0 Å². The molecule has 1 aromatic rings. The van der Waals surface area contributed by atoms with E-state index >= 15 is 0 Å². The molecule has 23 heavy (non-hydrogen) atoms. The Hall–Kier alpha value is -2.08. The summed E-state index contributed by atoms with van der Waals surface area (Å²) >= 11 is 0. The molecular weight excluding hydrogens is 296 g/mol. The third-order valence-electron chi connectivity index (χ3n) is 4.37. The number of benzene rings is 1. The van der Waals surface area contributed by atoms with Crippen LogP contribution in [0, 0.1) is 13.8 Å². The highest BCUT2D eigenvalue weighted by Gasteiger charge is 2.38. The molecule has 0 aliphatic carbocycles. The number of carbonyl (C=O) groups excluding carboxylic acids is 2. The number of methoxy groups -OCH3 is 1. The van der Waals surface area contributed by atoms with Crippen molar-refractivity contribution in [1.82, 2.24) is 4.90 Å². The summed E-state index contributed by atoms with van der Waals surface area (Å²) in [4.78, 5) is 25.3. The number of likely N-dealkylation sites (tertiary alicyclic amines) is 1. The van der Waals surface area contributed by atoms with Crippen molar-refractivity contribution in [3.05, 3.63) is 29.3 Å². The first-order valence-electron chi connectivity index (χ1n) is 7.74. The van der Waals surface area contributed by atoms with Crippen LogP contribution in [0.1, 0.15) is 24.0 Å². The fourth-order valence-electron chi connectivity index (χ4n) is 2.79. The molecule has 2 rings (SSSR count). The van der Waals surface area contributed by atoms with Gasteiger partial charge in [-0.2, -0.15) is 0 Å². The van der Waals surface area contributed by atoms with Crippen molar-refractivity contribution < 1.29 is 19.1 Å². The van der Waals surface area contributed by atoms with Crippen LogP contribution in [0.5, 0.6) is 5.75 Å². The van der Waals surface area contributed by atoms with Gasteiger partial charge in [0.25, 0.3) is 0 Å². The average molecular weight is 320 g/mol. The van der Waals surface area contributed by atoms with Gasteiger partial charge in [0.05, 0.1) is 19.1 Å². The third kappa shape index (κ3) is 4.01. The highest BCUT2D eigenvalue weighted by Crippen LogP contribution is 2.22. The van der Waals surface area contributed by atoms with Gasteiger partial charge in [0.15, 0.2) is 0 Å². The van der Waals surface area contributed by atoms with Crippen molar-refractivity contribution in [2.45, 2.75) is 38.8 Å². The monoisotopic (exact) mass is 320 g/mol. The standard InChI is InChI=1S/C17H24N2O4/c1-11-5-4-6-15(12(11)2)23-8-7-16(20)19-10-13(22-3)9-14(19)17(18)21/h4-6,13-14H,7-10H2,1-3H3,(H2,18,21)/t13-,14-/m0/s1. The normalized spacial score (nSPS) is 20.6. The number of rotatable bonds is 6. The van der Waals surface area contributed by atoms with Gasteiger partial charge in [-0.15, -0.1) is 0 Å². The number of carbonyl (C=O) groups is 2. The Balaban J connectivity index is 1.91. The van der Waals surface area contributed by atoms with Crippen molar-refractivity contribution in [2.75, 3.05) is 20.3 Å². The van der Waals surface area contributed by atoms with Gasteiger partial charge in [-0.25, -0.2) is 0 Å². The molecular formula is C17H24N2O4. The summed E-state index contributed by atoms with van der Waals surface area (Å²) < 4.78 is 10.9. The van der Waals surface area contributed by atoms with Gasteiger partial charge in [-0.1, -0.05) is 12.1 Å². The summed E-state index contributed by atoms with van der Waals surface area (Å²) in [5, 5.41) is 0. The van der Waals surface area contributed by atoms with E-state index in [1.165, 1.54) is 4.90 Å². The molecule has 1 aliphatic heterocycles. The lowest BCUT2D eigenvalue weighted by molar-refractivity contribution is -0.137. The number of aryl methyl sites for hydroxylation is 1. The SMILES string of the molecule is CO[C@H]1C[C@@H](C(N)=O)N(C(=O)CCOc2cccc(C)c2C)C1. The van der Waals surface area contributed by atoms with Crippen LogP contribution in [-0.2, 0) is 14.3 Å². The van der Waals surface area contributed by atoms with E-state index in [2.05, 4.69) is 0 Å². The number of hydrogen-bond donors (Lipinski definition) is 1. The maximum atomic E-state index is 12.3. The van der Waals surface area contributed by atoms with Crippen LogP contribution in [0.3, 0.4) is 0 Å². The van der Waals surface area contributed by atoms with Crippen LogP contribution in [-0.4, -0.2) is 49.1 Å². The Morgan fingerprint density at radius 3 is 2.74 bits per heavy atom. The number of ether oxygens (including phenoxy) is 2. The van der Waals surface area contributed by atoms with Crippen LogP contribution < -0.4 is 10.5 Å². The van der Waals surface area contributed by atoms with Crippen LogP contribution in [0.2, 0.25) is 0 Å². The van der Waals surface area contributed by atoms with Crippen LogP contribution in [0.25, 0.3) is 0 Å². The quantitative estimate of drug-likeness (QED) is 0.853. The highest BCUT2D eigenvalue weighted by atomic mass is 16.5. The van der Waals surface area contributed by atoms with E-state index in [1.54, 1.807) is 7.11 Å². The van der Waals surface area contributed by atoms with E-state index in [0.717, 1.165) is 16.9 Å². The zero-order valence-electron chi connectivity index (χ0n) is 13.9. The summed E-state index contributed by atoms with van der Waals surface area (Å²) in [5.41, 5.74) is 7.59. The fourth-order valence-corrected chi connectivity index (χ4v) is 2.79. The summed E-state index contributed by atoms with van der Waals surface area (Å²) in [6, 6.07) is 5.23. The smallest absolute Gasteiger partial charge is 0.240 e. The lowest BCUT2D eigenvalue weighted by Gasteiger charge is -2.22. The Morgan fingerprint density at radius 2 is 2.09 bits per heavy atom. The second-order valence-electron chi connectivity index (χ2n) is 5.85. The molecule has 2 N–H and O–H groups in total. The van der Waals surface area contributed by atoms with E-state index in [-0.39, 0.29) is 25.0 Å². The number of primary amides is 1. The Bertz CT molecular complexity index is 588. The van der Waals surface area contributed by atoms with Crippen molar-refractivity contribution in [3.8, 4) is 5.75 Å². The van der Waals surface area contributed by atoms with Crippen molar-refractivity contribution in [3.63, 3.8) is 0 Å². The van der Waals surface area contributed by atoms with Gasteiger partial charge in [0.2, 0.25) is 11.8 Å². The second-order valence-corrected chi connectivity index (χ2v) is 5.85. The molecule has 1 aromatic carbocycles. The topological polar surface area (TPSA) is 81.9 Å². The maximum absolute atomic E-state index is 12.3. The summed E-state index contributed by atoms with van der Waals surface area (Å²) in [6.07, 6.45) is 0.514. The van der Waals surface area contributed by atoms with Gasteiger partial charge >= 0.3 is 0 Å². The van der Waals surface area contributed by atoms with Crippen LogP contribution in [0.4, 0.5) is 0 Å². The molecule has 2 amide bonds. The van der Waals surface area contributed by atoms with E-state index < -0.39 is 11.9 Å². The minimum absolute atomic E-state index is 0.140. The second kappa shape index (κ2) is 7.46. The Labute approximate surface area is 136 Å². The molecule has 0 bridgehead atoms. The maximum Gasteiger partial charge on any atom is 0.240 e. The minimum atomic E-state index is -0.590. The number of nitrogens with two attached hydrogens (primary N) is 1. The zero-order valence-corrected chi connectivity index (χ0v) is 13.9. The minimum Gasteiger partial charge on any atom is -0.493 e. The molecule has 1 saturated heterocycles. The summed E-state index contributed by atoms with van der Waals surface area (Å²) in [6.45, 7) is 4.66. The predicted octanol–water partition coefficient (Wildman–Crippen LogP) is 1.17. The highest BCUT2D eigenvalue weighted by molar-refractivity contribution is 5.87. The summed E-state index contributed by atoms with van der Waals surface area (Å²) in [7, 11) is 1.57. The van der Waals surface area contributed by atoms with Crippen LogP contribution in [0.15, 0.2) is 18.2 Å². The van der Waals surface area contributed by atoms with E-state index in [9.17, 15) is 9.59 Å². The van der Waals surface area contributed by atoms with Gasteiger partial charge in [0.1, 0.15) is 11.8 Å². The summed E-state index contributed by atoms with van der Waals surface area (Å²) in [5.74, 6) is 0.146. The largest absolute Gasteiger partial charge is 0.493 e. The molecule has 0 unspecified atom stereocenters. The molecule has 1 fully saturated rings. The third-order valence-corrected chi connectivity index (χ3v) is 4.37. The number of hydrogen-bond acceptors (Lipinski definition) is 4. The molecule has 126 valence electrons. The van der Waals surface area contributed by atoms with Gasteiger partial charge in [0, 0.05) is 20.1 Å². The van der Waals surface area contributed by atoms with Crippen molar-refractivity contribution >= 4 is 11.8 Å².